The van der Waals surface area contributed by atoms with Gasteiger partial charge in [0.05, 0.1) is 23.6 Å². The number of phenols is 1. The fourth-order valence-electron chi connectivity index (χ4n) is 6.23. The summed E-state index contributed by atoms with van der Waals surface area (Å²) in [6.45, 7) is 1.86. The van der Waals surface area contributed by atoms with Crippen LogP contribution in [-0.4, -0.2) is 27.8 Å². The minimum absolute atomic E-state index is 0.0913. The van der Waals surface area contributed by atoms with E-state index in [0.29, 0.717) is 24.1 Å². The van der Waals surface area contributed by atoms with Crippen LogP contribution < -0.4 is 10.2 Å². The second kappa shape index (κ2) is 8.47. The van der Waals surface area contributed by atoms with Crippen LogP contribution in [0.15, 0.2) is 78.9 Å². The fraction of sp³-hybridized carbons (Fsp3) is 0.310. The van der Waals surface area contributed by atoms with Gasteiger partial charge in [-0.2, -0.15) is 0 Å². The van der Waals surface area contributed by atoms with Gasteiger partial charge in [0.25, 0.3) is 0 Å². The SMILES string of the molecule is C[C@H]1C[C@@H]2C(=O)N(c3ccc(Nc4ccccc4)cc3)C(=O)[C@@H]2[C@@H]2C[C@@H](c3ccccc3O)O[C@]12O. The van der Waals surface area contributed by atoms with E-state index in [1.807, 2.05) is 49.4 Å². The molecule has 3 fully saturated rings. The zero-order valence-electron chi connectivity index (χ0n) is 19.9. The van der Waals surface area contributed by atoms with Crippen molar-refractivity contribution in [3.63, 3.8) is 0 Å². The Morgan fingerprint density at radius 1 is 0.889 bits per heavy atom. The Morgan fingerprint density at radius 2 is 1.56 bits per heavy atom. The number of anilines is 3. The van der Waals surface area contributed by atoms with Gasteiger partial charge in [0.2, 0.25) is 11.8 Å². The Balaban J connectivity index is 1.27. The highest BCUT2D eigenvalue weighted by Crippen LogP contribution is 2.58. The Hall–Kier alpha value is -3.68. The minimum atomic E-state index is -1.54. The Morgan fingerprint density at radius 3 is 2.28 bits per heavy atom. The summed E-state index contributed by atoms with van der Waals surface area (Å²) in [5.74, 6) is -4.04. The summed E-state index contributed by atoms with van der Waals surface area (Å²) < 4.78 is 6.14. The van der Waals surface area contributed by atoms with E-state index >= 15 is 0 Å². The largest absolute Gasteiger partial charge is 0.508 e. The van der Waals surface area contributed by atoms with Crippen LogP contribution in [0.1, 0.15) is 31.4 Å². The second-order valence-corrected chi connectivity index (χ2v) is 10.1. The minimum Gasteiger partial charge on any atom is -0.508 e. The van der Waals surface area contributed by atoms with Gasteiger partial charge in [-0.25, -0.2) is 0 Å². The van der Waals surface area contributed by atoms with Crippen molar-refractivity contribution in [2.75, 3.05) is 10.2 Å². The predicted molar refractivity (Wildman–Crippen MR) is 134 cm³/mol. The van der Waals surface area contributed by atoms with Crippen molar-refractivity contribution in [2.24, 2.45) is 23.7 Å². The number of rotatable bonds is 4. The van der Waals surface area contributed by atoms with Crippen LogP contribution in [0.4, 0.5) is 17.1 Å². The molecular formula is C29H28N2O5. The third-order valence-electron chi connectivity index (χ3n) is 8.03. The number of hydrogen-bond donors (Lipinski definition) is 3. The van der Waals surface area contributed by atoms with E-state index < -0.39 is 29.6 Å². The zero-order chi connectivity index (χ0) is 25.0. The number of benzene rings is 3. The van der Waals surface area contributed by atoms with Gasteiger partial charge in [-0.3, -0.25) is 14.5 Å². The molecule has 0 unspecified atom stereocenters. The molecule has 3 N–H and O–H groups in total. The first kappa shape index (κ1) is 22.8. The van der Waals surface area contributed by atoms with E-state index in [-0.39, 0.29) is 23.5 Å². The molecule has 2 heterocycles. The lowest BCUT2D eigenvalue weighted by Gasteiger charge is -2.43. The smallest absolute Gasteiger partial charge is 0.238 e. The number of imide groups is 1. The first-order valence-corrected chi connectivity index (χ1v) is 12.3. The maximum Gasteiger partial charge on any atom is 0.238 e. The monoisotopic (exact) mass is 484 g/mol. The number of fused-ring (bicyclic) bond motifs is 3. The highest BCUT2D eigenvalue weighted by atomic mass is 16.6. The van der Waals surface area contributed by atoms with Crippen LogP contribution in [0.3, 0.4) is 0 Å². The first-order valence-electron chi connectivity index (χ1n) is 12.3. The molecule has 0 aromatic heterocycles. The third-order valence-corrected chi connectivity index (χ3v) is 8.03. The molecule has 7 heteroatoms. The predicted octanol–water partition coefficient (Wildman–Crippen LogP) is 4.75. The number of aromatic hydroxyl groups is 1. The van der Waals surface area contributed by atoms with Gasteiger partial charge < -0.3 is 20.3 Å². The number of ether oxygens (including phenoxy) is 1. The Kier molecular flexibility index (Phi) is 5.35. The summed E-state index contributed by atoms with van der Waals surface area (Å²) in [4.78, 5) is 28.5. The van der Waals surface area contributed by atoms with E-state index in [1.165, 1.54) is 4.90 Å². The van der Waals surface area contributed by atoms with Crippen molar-refractivity contribution in [2.45, 2.75) is 31.7 Å². The average Bonchev–Trinajstić information content (AvgIpc) is 3.35. The molecule has 2 saturated heterocycles. The number of nitrogens with zero attached hydrogens (tertiary/aromatic N) is 1. The normalized spacial score (nSPS) is 31.3. The van der Waals surface area contributed by atoms with Crippen LogP contribution in [0.5, 0.6) is 5.75 Å². The molecule has 6 atom stereocenters. The van der Waals surface area contributed by atoms with Gasteiger partial charge >= 0.3 is 0 Å². The number of hydrogen-bond acceptors (Lipinski definition) is 6. The molecule has 2 amide bonds. The molecule has 6 rings (SSSR count). The maximum absolute atomic E-state index is 13.7. The van der Waals surface area contributed by atoms with Crippen LogP contribution in [0.25, 0.3) is 0 Å². The van der Waals surface area contributed by atoms with Crippen LogP contribution in [0, 0.1) is 23.7 Å². The van der Waals surface area contributed by atoms with Gasteiger partial charge in [-0.15, -0.1) is 0 Å². The highest BCUT2D eigenvalue weighted by molar-refractivity contribution is 6.22. The molecule has 3 aliphatic rings. The number of carbonyl (C=O) groups is 2. The van der Waals surface area contributed by atoms with E-state index in [1.54, 1.807) is 36.4 Å². The molecular weight excluding hydrogens is 456 g/mol. The molecule has 184 valence electrons. The Labute approximate surface area is 209 Å². The number of phenolic OH excluding ortho intramolecular Hbond substituents is 1. The summed E-state index contributed by atoms with van der Waals surface area (Å²) in [6, 6.07) is 23.9. The number of aliphatic hydroxyl groups is 1. The Bertz CT molecular complexity index is 1310. The molecule has 3 aromatic carbocycles. The third kappa shape index (κ3) is 3.50. The molecule has 1 aliphatic carbocycles. The lowest BCUT2D eigenvalue weighted by atomic mass is 9.65. The van der Waals surface area contributed by atoms with Crippen molar-refractivity contribution < 1.29 is 24.5 Å². The van der Waals surface area contributed by atoms with Crippen LogP contribution >= 0.6 is 0 Å². The van der Waals surface area contributed by atoms with Crippen molar-refractivity contribution in [3.8, 4) is 5.75 Å². The van der Waals surface area contributed by atoms with Gasteiger partial charge in [0.1, 0.15) is 5.75 Å². The summed E-state index contributed by atoms with van der Waals surface area (Å²) in [5, 5.41) is 25.2. The molecule has 0 bridgehead atoms. The quantitative estimate of drug-likeness (QED) is 0.463. The van der Waals surface area contributed by atoms with Crippen LogP contribution in [-0.2, 0) is 14.3 Å². The molecule has 2 aliphatic heterocycles. The van der Waals surface area contributed by atoms with Crippen molar-refractivity contribution in [3.05, 3.63) is 84.4 Å². The average molecular weight is 485 g/mol. The van der Waals surface area contributed by atoms with E-state index in [2.05, 4.69) is 5.32 Å². The molecule has 1 saturated carbocycles. The topological polar surface area (TPSA) is 99.1 Å². The highest BCUT2D eigenvalue weighted by Gasteiger charge is 2.66. The van der Waals surface area contributed by atoms with E-state index in [4.69, 9.17) is 4.74 Å². The first-order chi connectivity index (χ1) is 17.4. The molecule has 3 aromatic rings. The van der Waals surface area contributed by atoms with Crippen molar-refractivity contribution in [1.82, 2.24) is 0 Å². The lowest BCUT2D eigenvalue weighted by Crippen LogP contribution is -2.52. The lowest BCUT2D eigenvalue weighted by molar-refractivity contribution is -0.265. The van der Waals surface area contributed by atoms with Gasteiger partial charge in [-0.1, -0.05) is 43.3 Å². The molecule has 36 heavy (non-hydrogen) atoms. The summed E-state index contributed by atoms with van der Waals surface area (Å²) >= 11 is 0. The van der Waals surface area contributed by atoms with Gasteiger partial charge in [0, 0.05) is 28.8 Å². The summed E-state index contributed by atoms with van der Waals surface area (Å²) in [5.41, 5.74) is 2.89. The number of para-hydroxylation sites is 2. The number of nitrogens with one attached hydrogen (secondary N) is 1. The molecule has 0 spiro atoms. The van der Waals surface area contributed by atoms with Crippen LogP contribution in [0.2, 0.25) is 0 Å². The summed E-state index contributed by atoms with van der Waals surface area (Å²) in [6.07, 6.45) is 0.161. The van der Waals surface area contributed by atoms with E-state index in [0.717, 1.165) is 11.4 Å². The number of carbonyl (C=O) groups excluding carboxylic acids is 2. The van der Waals surface area contributed by atoms with Gasteiger partial charge in [0.15, 0.2) is 5.79 Å². The van der Waals surface area contributed by atoms with Crippen molar-refractivity contribution in [1.29, 1.82) is 0 Å². The molecule has 0 radical (unpaired) electrons. The molecule has 7 nitrogen and oxygen atoms in total. The van der Waals surface area contributed by atoms with Crippen molar-refractivity contribution >= 4 is 28.9 Å². The second-order valence-electron chi connectivity index (χ2n) is 10.1. The summed E-state index contributed by atoms with van der Waals surface area (Å²) in [7, 11) is 0. The standard InChI is InChI=1S/C29H28N2O5/c1-17-15-22-26(23-16-25(36-29(17,23)35)21-9-5-6-10-24(21)32)28(34)31(27(22)33)20-13-11-19(12-14-20)30-18-7-3-2-4-8-18/h2-14,17,22-23,25-26,30,32,35H,15-16H2,1H3/t17-,22-,23-,25-,26-,29+/m0/s1. The van der Waals surface area contributed by atoms with E-state index in [9.17, 15) is 19.8 Å². The fourth-order valence-corrected chi connectivity index (χ4v) is 6.23. The number of amides is 2. The zero-order valence-corrected chi connectivity index (χ0v) is 19.9. The van der Waals surface area contributed by atoms with Gasteiger partial charge in [-0.05, 0) is 55.3 Å². The maximum atomic E-state index is 13.7.